The van der Waals surface area contributed by atoms with Gasteiger partial charge in [0.1, 0.15) is 24.4 Å². The van der Waals surface area contributed by atoms with Gasteiger partial charge in [-0.3, -0.25) is 4.79 Å². The zero-order valence-corrected chi connectivity index (χ0v) is 15.0. The van der Waals surface area contributed by atoms with Gasteiger partial charge in [-0.05, 0) is 24.6 Å². The Hall–Kier alpha value is -2.13. The number of methoxy groups -OCH3 is 1. The number of ether oxygens (including phenoxy) is 3. The lowest BCUT2D eigenvalue weighted by atomic mass is 9.97. The fraction of sp³-hybridized carbons (Fsp3) is 0.500. The van der Waals surface area contributed by atoms with Crippen LogP contribution in [0.4, 0.5) is 0 Å². The normalized spacial score (nSPS) is 28.8. The number of rotatable bonds is 6. The van der Waals surface area contributed by atoms with E-state index in [2.05, 4.69) is 5.32 Å². The first-order valence-electron chi connectivity index (χ1n) is 8.28. The van der Waals surface area contributed by atoms with Gasteiger partial charge in [-0.15, -0.1) is 0 Å². The van der Waals surface area contributed by atoms with Crippen molar-refractivity contribution in [3.05, 3.63) is 29.8 Å². The summed E-state index contributed by atoms with van der Waals surface area (Å²) in [5, 5.41) is 32.2. The number of carbonyl (C=O) groups is 1. The van der Waals surface area contributed by atoms with Gasteiger partial charge in [0.25, 0.3) is 0 Å². The highest BCUT2D eigenvalue weighted by atomic mass is 16.7. The van der Waals surface area contributed by atoms with Gasteiger partial charge in [-0.2, -0.15) is 0 Å². The molecule has 8 nitrogen and oxygen atoms in total. The second kappa shape index (κ2) is 9.00. The summed E-state index contributed by atoms with van der Waals surface area (Å²) in [5.74, 6) is 0.351. The van der Waals surface area contributed by atoms with Crippen molar-refractivity contribution in [3.63, 3.8) is 0 Å². The average Bonchev–Trinajstić information content (AvgIpc) is 2.62. The van der Waals surface area contributed by atoms with Crippen LogP contribution in [0.5, 0.6) is 11.5 Å². The fourth-order valence-electron chi connectivity index (χ4n) is 2.77. The van der Waals surface area contributed by atoms with Gasteiger partial charge in [0.05, 0.1) is 13.7 Å². The summed E-state index contributed by atoms with van der Waals surface area (Å²) in [5.41, 5.74) is 0.906. The number of carbonyl (C=O) groups excluding carboxylic acids is 1. The third kappa shape index (κ3) is 4.53. The van der Waals surface area contributed by atoms with Gasteiger partial charge < -0.3 is 34.8 Å². The van der Waals surface area contributed by atoms with Crippen LogP contribution in [0, 0.1) is 0 Å². The fourth-order valence-corrected chi connectivity index (χ4v) is 2.77. The second-order valence-electron chi connectivity index (χ2n) is 5.96. The molecule has 1 aliphatic rings. The van der Waals surface area contributed by atoms with Crippen LogP contribution in [0.3, 0.4) is 0 Å². The van der Waals surface area contributed by atoms with E-state index >= 15 is 0 Å². The Kier molecular flexibility index (Phi) is 6.98. The molecule has 0 aromatic heterocycles. The van der Waals surface area contributed by atoms with Gasteiger partial charge >= 0.3 is 0 Å². The molecule has 1 heterocycles. The first-order chi connectivity index (χ1) is 12.4. The summed E-state index contributed by atoms with van der Waals surface area (Å²) < 4.78 is 16.7. The molecule has 8 heteroatoms. The number of aliphatic hydroxyl groups excluding tert-OH is 3. The first-order valence-corrected chi connectivity index (χ1v) is 8.28. The molecule has 5 atom stereocenters. The Morgan fingerprint density at radius 2 is 2.04 bits per heavy atom. The maximum atomic E-state index is 11.5. The number of aliphatic hydroxyl groups is 3. The third-order valence-electron chi connectivity index (χ3n) is 4.04. The Morgan fingerprint density at radius 1 is 1.31 bits per heavy atom. The topological polar surface area (TPSA) is 117 Å². The van der Waals surface area contributed by atoms with E-state index in [4.69, 9.17) is 14.2 Å². The first kappa shape index (κ1) is 20.2. The summed E-state index contributed by atoms with van der Waals surface area (Å²) in [7, 11) is 1.49. The molecule has 1 saturated heterocycles. The molecule has 2 rings (SSSR count). The lowest BCUT2D eigenvalue weighted by Gasteiger charge is -2.42. The second-order valence-corrected chi connectivity index (χ2v) is 5.96. The molecule has 1 aromatic rings. The number of hydrogen-bond donors (Lipinski definition) is 4. The zero-order valence-electron chi connectivity index (χ0n) is 15.0. The summed E-state index contributed by atoms with van der Waals surface area (Å²) in [6.45, 7) is 2.66. The summed E-state index contributed by atoms with van der Waals surface area (Å²) in [6.07, 6.45) is -1.13. The number of amides is 1. The molecule has 0 radical (unpaired) electrons. The number of nitrogens with one attached hydrogen (secondary N) is 1. The van der Waals surface area contributed by atoms with Crippen LogP contribution in [0.15, 0.2) is 24.3 Å². The van der Waals surface area contributed by atoms with E-state index in [1.807, 2.05) is 25.1 Å². The van der Waals surface area contributed by atoms with Crippen LogP contribution < -0.4 is 14.8 Å². The molecular formula is C18H25NO7. The smallest absolute Gasteiger partial charge is 0.223 e. The van der Waals surface area contributed by atoms with Crippen molar-refractivity contribution >= 4 is 12.0 Å². The molecular weight excluding hydrogens is 342 g/mol. The van der Waals surface area contributed by atoms with E-state index < -0.39 is 43.2 Å². The van der Waals surface area contributed by atoms with Crippen LogP contribution in [0.1, 0.15) is 19.4 Å². The largest absolute Gasteiger partial charge is 0.493 e. The van der Waals surface area contributed by atoms with E-state index in [9.17, 15) is 20.1 Å². The SMILES string of the molecule is C/C=C/c1ccc(OC2OC(CO)C(O)C(O)C2NC(C)=O)c(OC)c1. The highest BCUT2D eigenvalue weighted by molar-refractivity contribution is 5.73. The molecule has 5 unspecified atom stereocenters. The van der Waals surface area contributed by atoms with Crippen molar-refractivity contribution in [2.24, 2.45) is 0 Å². The number of hydrogen-bond acceptors (Lipinski definition) is 7. The molecule has 26 heavy (non-hydrogen) atoms. The molecule has 1 aromatic carbocycles. The quantitative estimate of drug-likeness (QED) is 0.561. The Balaban J connectivity index is 2.29. The van der Waals surface area contributed by atoms with E-state index in [0.717, 1.165) is 5.56 Å². The van der Waals surface area contributed by atoms with E-state index in [1.165, 1.54) is 14.0 Å². The van der Waals surface area contributed by atoms with Crippen LogP contribution in [-0.4, -0.2) is 65.6 Å². The van der Waals surface area contributed by atoms with Gasteiger partial charge in [0, 0.05) is 6.92 Å². The highest BCUT2D eigenvalue weighted by Crippen LogP contribution is 2.32. The zero-order chi connectivity index (χ0) is 19.3. The predicted molar refractivity (Wildman–Crippen MR) is 93.7 cm³/mol. The van der Waals surface area contributed by atoms with E-state index in [0.29, 0.717) is 11.5 Å². The summed E-state index contributed by atoms with van der Waals surface area (Å²) in [6, 6.07) is 4.22. The highest BCUT2D eigenvalue weighted by Gasteiger charge is 2.46. The van der Waals surface area contributed by atoms with Crippen LogP contribution in [0.25, 0.3) is 6.08 Å². The molecule has 0 aliphatic carbocycles. The Bertz CT molecular complexity index is 648. The molecule has 4 N–H and O–H groups in total. The van der Waals surface area contributed by atoms with Crippen molar-refractivity contribution in [1.29, 1.82) is 0 Å². The summed E-state index contributed by atoms with van der Waals surface area (Å²) >= 11 is 0. The van der Waals surface area contributed by atoms with Gasteiger partial charge in [-0.1, -0.05) is 18.2 Å². The molecule has 144 valence electrons. The van der Waals surface area contributed by atoms with Gasteiger partial charge in [-0.25, -0.2) is 0 Å². The van der Waals surface area contributed by atoms with Crippen molar-refractivity contribution in [3.8, 4) is 11.5 Å². The average molecular weight is 367 g/mol. The maximum Gasteiger partial charge on any atom is 0.223 e. The number of allylic oxidation sites excluding steroid dienone is 1. The minimum absolute atomic E-state index is 0.335. The number of benzene rings is 1. The van der Waals surface area contributed by atoms with E-state index in [1.54, 1.807) is 12.1 Å². The minimum atomic E-state index is -1.37. The van der Waals surface area contributed by atoms with Crippen molar-refractivity contribution in [1.82, 2.24) is 5.32 Å². The molecule has 0 saturated carbocycles. The molecule has 1 fully saturated rings. The molecule has 0 spiro atoms. The van der Waals surface area contributed by atoms with Crippen LogP contribution >= 0.6 is 0 Å². The lowest BCUT2D eigenvalue weighted by molar-refractivity contribution is -0.244. The molecule has 1 amide bonds. The predicted octanol–water partition coefficient (Wildman–Crippen LogP) is 0.0508. The van der Waals surface area contributed by atoms with E-state index in [-0.39, 0.29) is 0 Å². The van der Waals surface area contributed by atoms with Crippen LogP contribution in [0.2, 0.25) is 0 Å². The maximum absolute atomic E-state index is 11.5. The Labute approximate surface area is 152 Å². The van der Waals surface area contributed by atoms with Crippen molar-refractivity contribution < 1.29 is 34.3 Å². The monoisotopic (exact) mass is 367 g/mol. The lowest BCUT2D eigenvalue weighted by Crippen LogP contribution is -2.65. The molecule has 1 aliphatic heterocycles. The Morgan fingerprint density at radius 3 is 2.62 bits per heavy atom. The molecule has 0 bridgehead atoms. The third-order valence-corrected chi connectivity index (χ3v) is 4.04. The summed E-state index contributed by atoms with van der Waals surface area (Å²) in [4.78, 5) is 11.5. The van der Waals surface area contributed by atoms with Gasteiger partial charge in [0.15, 0.2) is 11.5 Å². The van der Waals surface area contributed by atoms with Crippen molar-refractivity contribution in [2.75, 3.05) is 13.7 Å². The van der Waals surface area contributed by atoms with Crippen LogP contribution in [-0.2, 0) is 9.53 Å². The minimum Gasteiger partial charge on any atom is -0.493 e. The van der Waals surface area contributed by atoms with Gasteiger partial charge in [0.2, 0.25) is 12.2 Å². The van der Waals surface area contributed by atoms with Crippen molar-refractivity contribution in [2.45, 2.75) is 44.5 Å². The standard InChI is InChI=1S/C18H25NO7/c1-4-5-11-6-7-12(13(8-11)24-3)25-18-15(19-10(2)21)17(23)16(22)14(9-20)26-18/h4-8,14-18,20,22-23H,9H2,1-3H3,(H,19,21)/b5-4+.